The molecular formula is C12H17ClN2OS. The molecule has 3 N–H and O–H groups in total. The predicted molar refractivity (Wildman–Crippen MR) is 74.4 cm³/mol. The molecule has 0 heterocycles. The first kappa shape index (κ1) is 14.4. The Kier molecular flexibility index (Phi) is 6.40. The Labute approximate surface area is 111 Å². The van der Waals surface area contributed by atoms with Crippen LogP contribution in [0.1, 0.15) is 18.5 Å². The van der Waals surface area contributed by atoms with Crippen molar-refractivity contribution in [3.05, 3.63) is 34.9 Å². The van der Waals surface area contributed by atoms with Crippen molar-refractivity contribution in [2.45, 2.75) is 13.0 Å². The van der Waals surface area contributed by atoms with Gasteiger partial charge < -0.3 is 11.1 Å². The zero-order chi connectivity index (χ0) is 12.7. The van der Waals surface area contributed by atoms with Crippen molar-refractivity contribution in [3.63, 3.8) is 0 Å². The van der Waals surface area contributed by atoms with Crippen molar-refractivity contribution in [1.29, 1.82) is 0 Å². The molecule has 0 aliphatic heterocycles. The van der Waals surface area contributed by atoms with Crippen LogP contribution in [0.25, 0.3) is 0 Å². The number of nitrogens with one attached hydrogen (secondary N) is 1. The van der Waals surface area contributed by atoms with Crippen molar-refractivity contribution in [1.82, 2.24) is 5.32 Å². The lowest BCUT2D eigenvalue weighted by Gasteiger charge is -2.15. The van der Waals surface area contributed by atoms with Crippen LogP contribution >= 0.6 is 23.4 Å². The van der Waals surface area contributed by atoms with E-state index in [-0.39, 0.29) is 11.9 Å². The van der Waals surface area contributed by atoms with Crippen LogP contribution < -0.4 is 11.1 Å². The molecule has 0 fully saturated rings. The van der Waals surface area contributed by atoms with E-state index >= 15 is 0 Å². The third-order valence-corrected chi connectivity index (χ3v) is 3.58. The number of nitrogens with two attached hydrogens (primary N) is 1. The maximum absolute atomic E-state index is 11.6. The Hall–Kier alpha value is -0.710. The van der Waals surface area contributed by atoms with Crippen LogP contribution in [-0.4, -0.2) is 24.0 Å². The summed E-state index contributed by atoms with van der Waals surface area (Å²) >= 11 is 7.59. The number of rotatable bonds is 6. The lowest BCUT2D eigenvalue weighted by molar-refractivity contribution is -0.119. The van der Waals surface area contributed by atoms with E-state index in [0.717, 1.165) is 11.3 Å². The number of thioether (sulfide) groups is 1. The molecule has 5 heteroatoms. The molecule has 1 unspecified atom stereocenters. The second-order valence-corrected chi connectivity index (χ2v) is 5.16. The number of carbonyl (C=O) groups excluding carboxylic acids is 1. The molecule has 0 aliphatic carbocycles. The summed E-state index contributed by atoms with van der Waals surface area (Å²) in [7, 11) is 0. The zero-order valence-corrected chi connectivity index (χ0v) is 11.4. The largest absolute Gasteiger partial charge is 0.349 e. The summed E-state index contributed by atoms with van der Waals surface area (Å²) in [5.74, 6) is 1.25. The minimum atomic E-state index is -0.0744. The summed E-state index contributed by atoms with van der Waals surface area (Å²) < 4.78 is 0. The van der Waals surface area contributed by atoms with Crippen molar-refractivity contribution >= 4 is 29.3 Å². The average molecular weight is 273 g/mol. The first-order chi connectivity index (χ1) is 8.15. The van der Waals surface area contributed by atoms with E-state index in [0.29, 0.717) is 17.3 Å². The van der Waals surface area contributed by atoms with Crippen LogP contribution in [0.3, 0.4) is 0 Å². The van der Waals surface area contributed by atoms with E-state index < -0.39 is 0 Å². The lowest BCUT2D eigenvalue weighted by Crippen LogP contribution is -2.28. The third-order valence-electron chi connectivity index (χ3n) is 2.24. The Morgan fingerprint density at radius 2 is 2.24 bits per heavy atom. The van der Waals surface area contributed by atoms with Gasteiger partial charge in [-0.1, -0.05) is 29.8 Å². The van der Waals surface area contributed by atoms with Crippen LogP contribution in [0, 0.1) is 0 Å². The Bertz CT molecular complexity index is 373. The fourth-order valence-electron chi connectivity index (χ4n) is 1.44. The van der Waals surface area contributed by atoms with Crippen LogP contribution in [-0.2, 0) is 4.79 Å². The Balaban J connectivity index is 2.46. The first-order valence-electron chi connectivity index (χ1n) is 5.46. The fourth-order valence-corrected chi connectivity index (χ4v) is 2.31. The maximum Gasteiger partial charge on any atom is 0.230 e. The molecule has 0 saturated heterocycles. The molecule has 0 bridgehead atoms. The van der Waals surface area contributed by atoms with Gasteiger partial charge in [0.15, 0.2) is 0 Å². The van der Waals surface area contributed by atoms with Gasteiger partial charge in [-0.05, 0) is 18.6 Å². The predicted octanol–water partition coefficient (Wildman–Crippen LogP) is 2.21. The fraction of sp³-hybridized carbons (Fsp3) is 0.417. The van der Waals surface area contributed by atoms with Crippen molar-refractivity contribution < 1.29 is 4.79 Å². The topological polar surface area (TPSA) is 55.1 Å². The summed E-state index contributed by atoms with van der Waals surface area (Å²) in [6, 6.07) is 7.45. The summed E-state index contributed by atoms with van der Waals surface area (Å²) in [6.07, 6.45) is 0. The minimum absolute atomic E-state index is 0.0101. The van der Waals surface area contributed by atoms with Crippen molar-refractivity contribution in [2.75, 3.05) is 18.1 Å². The number of halogens is 1. The van der Waals surface area contributed by atoms with Crippen molar-refractivity contribution in [3.8, 4) is 0 Å². The van der Waals surface area contributed by atoms with E-state index in [4.69, 9.17) is 17.3 Å². The zero-order valence-electron chi connectivity index (χ0n) is 9.78. The number of amides is 1. The Morgan fingerprint density at radius 3 is 2.88 bits per heavy atom. The highest BCUT2D eigenvalue weighted by Crippen LogP contribution is 2.22. The molecule has 1 aromatic carbocycles. The molecule has 0 spiro atoms. The molecule has 0 saturated carbocycles. The minimum Gasteiger partial charge on any atom is -0.349 e. The summed E-state index contributed by atoms with van der Waals surface area (Å²) in [6.45, 7) is 2.52. The molecule has 1 amide bonds. The Morgan fingerprint density at radius 1 is 1.53 bits per heavy atom. The van der Waals surface area contributed by atoms with Crippen LogP contribution in [0.4, 0.5) is 0 Å². The van der Waals surface area contributed by atoms with Gasteiger partial charge in [0.2, 0.25) is 5.91 Å². The van der Waals surface area contributed by atoms with Gasteiger partial charge in [0.05, 0.1) is 11.8 Å². The molecule has 1 atom stereocenters. The summed E-state index contributed by atoms with van der Waals surface area (Å²) in [4.78, 5) is 11.6. The molecule has 3 nitrogen and oxygen atoms in total. The monoisotopic (exact) mass is 272 g/mol. The lowest BCUT2D eigenvalue weighted by atomic mass is 10.1. The third kappa shape index (κ3) is 4.98. The molecule has 17 heavy (non-hydrogen) atoms. The molecule has 1 aromatic rings. The highest BCUT2D eigenvalue weighted by atomic mass is 35.5. The van der Waals surface area contributed by atoms with E-state index in [1.54, 1.807) is 0 Å². The van der Waals surface area contributed by atoms with Gasteiger partial charge in [0.25, 0.3) is 0 Å². The number of hydrogen-bond donors (Lipinski definition) is 2. The van der Waals surface area contributed by atoms with E-state index in [1.165, 1.54) is 11.8 Å². The number of hydrogen-bond acceptors (Lipinski definition) is 3. The molecular weight excluding hydrogens is 256 g/mol. The van der Waals surface area contributed by atoms with Crippen LogP contribution in [0.5, 0.6) is 0 Å². The first-order valence-corrected chi connectivity index (χ1v) is 7.00. The maximum atomic E-state index is 11.6. The van der Waals surface area contributed by atoms with E-state index in [9.17, 15) is 4.79 Å². The molecule has 94 valence electrons. The number of carbonyl (C=O) groups is 1. The van der Waals surface area contributed by atoms with Gasteiger partial charge in [-0.3, -0.25) is 4.79 Å². The average Bonchev–Trinajstić information content (AvgIpc) is 2.29. The van der Waals surface area contributed by atoms with Gasteiger partial charge in [-0.2, -0.15) is 11.8 Å². The highest BCUT2D eigenvalue weighted by molar-refractivity contribution is 7.99. The van der Waals surface area contributed by atoms with Gasteiger partial charge in [0, 0.05) is 17.3 Å². The summed E-state index contributed by atoms with van der Waals surface area (Å²) in [5.41, 5.74) is 6.29. The quantitative estimate of drug-likeness (QED) is 0.781. The SMILES string of the molecule is CC(NC(=O)CSCCN)c1ccccc1Cl. The van der Waals surface area contributed by atoms with Gasteiger partial charge in [0.1, 0.15) is 0 Å². The molecule has 0 radical (unpaired) electrons. The molecule has 0 aromatic heterocycles. The van der Waals surface area contributed by atoms with E-state index in [2.05, 4.69) is 5.32 Å². The summed E-state index contributed by atoms with van der Waals surface area (Å²) in [5, 5.41) is 3.59. The van der Waals surface area contributed by atoms with Crippen molar-refractivity contribution in [2.24, 2.45) is 5.73 Å². The normalized spacial score (nSPS) is 12.2. The van der Waals surface area contributed by atoms with E-state index in [1.807, 2.05) is 31.2 Å². The van der Waals surface area contributed by atoms with Crippen LogP contribution in [0.15, 0.2) is 24.3 Å². The van der Waals surface area contributed by atoms with Gasteiger partial charge >= 0.3 is 0 Å². The second-order valence-electron chi connectivity index (χ2n) is 3.65. The number of benzene rings is 1. The van der Waals surface area contributed by atoms with Gasteiger partial charge in [-0.25, -0.2) is 0 Å². The van der Waals surface area contributed by atoms with Crippen LogP contribution in [0.2, 0.25) is 5.02 Å². The highest BCUT2D eigenvalue weighted by Gasteiger charge is 2.11. The molecule has 0 aliphatic rings. The molecule has 1 rings (SSSR count). The standard InChI is InChI=1S/C12H17ClN2OS/c1-9(10-4-2-3-5-11(10)13)15-12(16)8-17-7-6-14/h2-5,9H,6-8,14H2,1H3,(H,15,16). The second kappa shape index (κ2) is 7.58. The van der Waals surface area contributed by atoms with Gasteiger partial charge in [-0.15, -0.1) is 0 Å². The smallest absolute Gasteiger partial charge is 0.230 e.